The van der Waals surface area contributed by atoms with Crippen LogP contribution in [0.1, 0.15) is 13.8 Å². The molecule has 6 nitrogen and oxygen atoms in total. The average molecular weight is 272 g/mol. The predicted molar refractivity (Wildman–Crippen MR) is 65.5 cm³/mol. The molecule has 0 aliphatic carbocycles. The van der Waals surface area contributed by atoms with Gasteiger partial charge in [-0.3, -0.25) is 14.4 Å². The number of carboxylic acids is 3. The fraction of sp³-hybridized carbons (Fsp3) is 0.625. The van der Waals surface area contributed by atoms with Gasteiger partial charge in [0.15, 0.2) is 0 Å². The van der Waals surface area contributed by atoms with Crippen molar-refractivity contribution in [3.8, 4) is 0 Å². The molecule has 0 fully saturated rings. The molecule has 0 heterocycles. The summed E-state index contributed by atoms with van der Waals surface area (Å²) in [7, 11) is 0. The molecule has 0 rings (SSSR count). The van der Waals surface area contributed by atoms with Gasteiger partial charge in [-0.25, -0.2) is 0 Å². The predicted octanol–water partition coefficient (Wildman–Crippen LogP) is 0.729. The van der Waals surface area contributed by atoms with E-state index in [1.807, 2.05) is 0 Å². The molecule has 0 saturated heterocycles. The molecular formula is C8H16O6S2. The summed E-state index contributed by atoms with van der Waals surface area (Å²) in [6.45, 7) is 2.17. The van der Waals surface area contributed by atoms with Gasteiger partial charge in [0.1, 0.15) is 0 Å². The minimum absolute atomic E-state index is 0.360. The first-order valence-electron chi connectivity index (χ1n) is 4.02. The van der Waals surface area contributed by atoms with Crippen molar-refractivity contribution in [3.05, 3.63) is 0 Å². The Kier molecular flexibility index (Phi) is 18.1. The van der Waals surface area contributed by atoms with Gasteiger partial charge in [0.2, 0.25) is 0 Å². The first kappa shape index (κ1) is 20.5. The van der Waals surface area contributed by atoms with Crippen molar-refractivity contribution in [2.75, 3.05) is 11.5 Å². The Morgan fingerprint density at radius 3 is 1.12 bits per heavy atom. The maximum atomic E-state index is 10.1. The number of hydrogen-bond donors (Lipinski definition) is 5. The Balaban J connectivity index is -0.000000179. The number of carbonyl (C=O) groups is 3. The van der Waals surface area contributed by atoms with Gasteiger partial charge in [-0.05, 0) is 0 Å². The van der Waals surface area contributed by atoms with E-state index in [1.165, 1.54) is 0 Å². The molecule has 0 aromatic carbocycles. The lowest BCUT2D eigenvalue weighted by Gasteiger charge is -2.01. The van der Waals surface area contributed by atoms with Crippen LogP contribution in [0.4, 0.5) is 0 Å². The second-order valence-corrected chi connectivity index (χ2v) is 3.17. The zero-order valence-corrected chi connectivity index (χ0v) is 10.7. The normalized spacial score (nSPS) is 8.06. The van der Waals surface area contributed by atoms with Crippen LogP contribution in [0.2, 0.25) is 0 Å². The SMILES string of the molecule is CC(=O)O.CC(=O)O.O=C(O)C(CS)CS. The van der Waals surface area contributed by atoms with Gasteiger partial charge in [0, 0.05) is 25.4 Å². The van der Waals surface area contributed by atoms with Crippen molar-refractivity contribution in [2.24, 2.45) is 5.92 Å². The van der Waals surface area contributed by atoms with E-state index >= 15 is 0 Å². The highest BCUT2D eigenvalue weighted by molar-refractivity contribution is 7.81. The molecule has 0 spiro atoms. The molecule has 16 heavy (non-hydrogen) atoms. The molecule has 0 saturated carbocycles. The molecule has 0 unspecified atom stereocenters. The van der Waals surface area contributed by atoms with Gasteiger partial charge >= 0.3 is 5.97 Å². The summed E-state index contributed by atoms with van der Waals surface area (Å²) in [6.07, 6.45) is 0. The van der Waals surface area contributed by atoms with Gasteiger partial charge in [0.05, 0.1) is 5.92 Å². The molecule has 3 N–H and O–H groups in total. The maximum absolute atomic E-state index is 10.1. The first-order chi connectivity index (χ1) is 7.18. The lowest BCUT2D eigenvalue weighted by atomic mass is 10.2. The number of aliphatic carboxylic acids is 3. The summed E-state index contributed by atoms with van der Waals surface area (Å²) in [5.74, 6) is -2.17. The maximum Gasteiger partial charge on any atom is 0.308 e. The van der Waals surface area contributed by atoms with Crippen LogP contribution in [-0.2, 0) is 14.4 Å². The fourth-order valence-electron chi connectivity index (χ4n) is 0.214. The van der Waals surface area contributed by atoms with Gasteiger partial charge in [0.25, 0.3) is 11.9 Å². The Morgan fingerprint density at radius 1 is 0.938 bits per heavy atom. The van der Waals surface area contributed by atoms with E-state index in [4.69, 9.17) is 24.9 Å². The molecule has 96 valence electrons. The van der Waals surface area contributed by atoms with Gasteiger partial charge < -0.3 is 15.3 Å². The largest absolute Gasteiger partial charge is 0.481 e. The summed E-state index contributed by atoms with van der Waals surface area (Å²) in [5.41, 5.74) is 0. The number of carboxylic acid groups (broad SMARTS) is 3. The van der Waals surface area contributed by atoms with E-state index in [2.05, 4.69) is 25.3 Å². The van der Waals surface area contributed by atoms with Crippen molar-refractivity contribution in [2.45, 2.75) is 13.8 Å². The van der Waals surface area contributed by atoms with Crippen molar-refractivity contribution in [3.63, 3.8) is 0 Å². The zero-order valence-electron chi connectivity index (χ0n) is 8.95. The Bertz CT molecular complexity index is 195. The van der Waals surface area contributed by atoms with Gasteiger partial charge in [-0.1, -0.05) is 0 Å². The molecule has 0 radical (unpaired) electrons. The lowest BCUT2D eigenvalue weighted by molar-refractivity contribution is -0.140. The molecule has 0 aliphatic heterocycles. The van der Waals surface area contributed by atoms with Crippen LogP contribution >= 0.6 is 25.3 Å². The lowest BCUT2D eigenvalue weighted by Crippen LogP contribution is -2.16. The Morgan fingerprint density at radius 2 is 1.12 bits per heavy atom. The van der Waals surface area contributed by atoms with E-state index in [1.54, 1.807) is 0 Å². The molecule has 0 aromatic heterocycles. The third kappa shape index (κ3) is 38.0. The number of rotatable bonds is 3. The van der Waals surface area contributed by atoms with Crippen molar-refractivity contribution in [1.82, 2.24) is 0 Å². The van der Waals surface area contributed by atoms with E-state index in [-0.39, 0.29) is 0 Å². The summed E-state index contributed by atoms with van der Waals surface area (Å²) in [6, 6.07) is 0. The molecule has 0 amide bonds. The van der Waals surface area contributed by atoms with E-state index in [0.717, 1.165) is 13.8 Å². The summed E-state index contributed by atoms with van der Waals surface area (Å²) < 4.78 is 0. The van der Waals surface area contributed by atoms with Crippen molar-refractivity contribution < 1.29 is 29.7 Å². The van der Waals surface area contributed by atoms with E-state index in [0.29, 0.717) is 11.5 Å². The van der Waals surface area contributed by atoms with E-state index in [9.17, 15) is 4.79 Å². The molecular weight excluding hydrogens is 256 g/mol. The summed E-state index contributed by atoms with van der Waals surface area (Å²) in [4.78, 5) is 28.1. The van der Waals surface area contributed by atoms with Crippen molar-refractivity contribution in [1.29, 1.82) is 0 Å². The highest BCUT2D eigenvalue weighted by atomic mass is 32.1. The molecule has 0 aliphatic rings. The summed E-state index contributed by atoms with van der Waals surface area (Å²) >= 11 is 7.61. The smallest absolute Gasteiger partial charge is 0.308 e. The highest BCUT2D eigenvalue weighted by Crippen LogP contribution is 2.00. The molecule has 0 aromatic rings. The fourth-order valence-corrected chi connectivity index (χ4v) is 0.988. The number of thiol groups is 2. The van der Waals surface area contributed by atoms with Crippen LogP contribution in [0.5, 0.6) is 0 Å². The first-order valence-corrected chi connectivity index (χ1v) is 5.29. The second-order valence-electron chi connectivity index (χ2n) is 2.44. The van der Waals surface area contributed by atoms with Crippen LogP contribution in [0.25, 0.3) is 0 Å². The zero-order chi connectivity index (χ0) is 13.7. The number of hydrogen-bond acceptors (Lipinski definition) is 5. The highest BCUT2D eigenvalue weighted by Gasteiger charge is 2.11. The van der Waals surface area contributed by atoms with Crippen molar-refractivity contribution >= 4 is 43.2 Å². The van der Waals surface area contributed by atoms with Crippen LogP contribution < -0.4 is 0 Å². The van der Waals surface area contributed by atoms with Gasteiger partial charge in [-0.2, -0.15) is 25.3 Å². The summed E-state index contributed by atoms with van der Waals surface area (Å²) in [5, 5.41) is 23.1. The van der Waals surface area contributed by atoms with Crippen LogP contribution in [-0.4, -0.2) is 44.7 Å². The van der Waals surface area contributed by atoms with Gasteiger partial charge in [-0.15, -0.1) is 0 Å². The topological polar surface area (TPSA) is 112 Å². The Labute approximate surface area is 104 Å². The van der Waals surface area contributed by atoms with Crippen LogP contribution in [0.3, 0.4) is 0 Å². The minimum Gasteiger partial charge on any atom is -0.481 e. The second kappa shape index (κ2) is 14.1. The Hall–Kier alpha value is -0.890. The third-order valence-corrected chi connectivity index (χ3v) is 1.67. The van der Waals surface area contributed by atoms with Crippen LogP contribution in [0, 0.1) is 5.92 Å². The molecule has 0 atom stereocenters. The molecule has 8 heteroatoms. The third-order valence-electron chi connectivity index (χ3n) is 0.790. The monoisotopic (exact) mass is 272 g/mol. The van der Waals surface area contributed by atoms with Crippen LogP contribution in [0.15, 0.2) is 0 Å². The average Bonchev–Trinajstić information content (AvgIpc) is 2.03. The molecule has 0 bridgehead atoms. The quantitative estimate of drug-likeness (QED) is 0.484. The van der Waals surface area contributed by atoms with E-state index < -0.39 is 23.8 Å². The standard InChI is InChI=1S/C4H8O2S2.2C2H4O2/c5-4(6)3(1-7)2-8;2*1-2(3)4/h3,7-8H,1-2H2,(H,5,6);2*1H3,(H,3,4). The minimum atomic E-state index is -0.833.